The van der Waals surface area contributed by atoms with Crippen LogP contribution in [0.15, 0.2) is 18.2 Å². The van der Waals surface area contributed by atoms with Crippen molar-refractivity contribution in [3.05, 3.63) is 28.8 Å². The van der Waals surface area contributed by atoms with E-state index in [0.29, 0.717) is 10.2 Å². The van der Waals surface area contributed by atoms with Gasteiger partial charge < -0.3 is 4.90 Å². The SMILES string of the molecule is Cc1ccc(N2C(=N)S[C@@H]3CS(=O)(=O)C[C@@H]32)cc1Cl. The molecule has 2 atom stereocenters. The molecule has 2 saturated heterocycles. The predicted molar refractivity (Wildman–Crippen MR) is 80.2 cm³/mol. The molecule has 0 amide bonds. The molecular weight excluding hydrogens is 304 g/mol. The second kappa shape index (κ2) is 4.40. The maximum Gasteiger partial charge on any atom is 0.161 e. The van der Waals surface area contributed by atoms with E-state index in [9.17, 15) is 8.42 Å². The molecule has 0 unspecified atom stereocenters. The van der Waals surface area contributed by atoms with Crippen molar-refractivity contribution in [1.82, 2.24) is 0 Å². The van der Waals surface area contributed by atoms with Crippen LogP contribution in [-0.4, -0.2) is 36.4 Å². The van der Waals surface area contributed by atoms with E-state index in [1.807, 2.05) is 19.1 Å². The quantitative estimate of drug-likeness (QED) is 0.863. The number of hydrogen-bond donors (Lipinski definition) is 1. The van der Waals surface area contributed by atoms with Crippen molar-refractivity contribution in [3.8, 4) is 0 Å². The zero-order valence-electron chi connectivity index (χ0n) is 10.3. The van der Waals surface area contributed by atoms with Gasteiger partial charge in [0.15, 0.2) is 15.0 Å². The molecule has 1 N–H and O–H groups in total. The number of hydrogen-bond acceptors (Lipinski definition) is 4. The first-order chi connectivity index (χ1) is 8.87. The van der Waals surface area contributed by atoms with Gasteiger partial charge in [0.05, 0.1) is 17.5 Å². The fraction of sp³-hybridized carbons (Fsp3) is 0.417. The molecule has 0 aliphatic carbocycles. The summed E-state index contributed by atoms with van der Waals surface area (Å²) in [7, 11) is -2.98. The van der Waals surface area contributed by atoms with Crippen LogP contribution < -0.4 is 4.90 Å². The Balaban J connectivity index is 1.99. The van der Waals surface area contributed by atoms with Gasteiger partial charge in [0.25, 0.3) is 0 Å². The lowest BCUT2D eigenvalue weighted by atomic mass is 10.1. The summed E-state index contributed by atoms with van der Waals surface area (Å²) >= 11 is 7.46. The van der Waals surface area contributed by atoms with E-state index in [1.54, 1.807) is 11.0 Å². The monoisotopic (exact) mass is 316 g/mol. The molecule has 0 bridgehead atoms. The molecule has 7 heteroatoms. The van der Waals surface area contributed by atoms with E-state index < -0.39 is 9.84 Å². The molecular formula is C12H13ClN2O2S2. The first kappa shape index (κ1) is 13.3. The average Bonchev–Trinajstić information content (AvgIpc) is 2.73. The van der Waals surface area contributed by atoms with E-state index in [-0.39, 0.29) is 22.8 Å². The van der Waals surface area contributed by atoms with Crippen molar-refractivity contribution in [2.45, 2.75) is 18.2 Å². The third-order valence-corrected chi connectivity index (χ3v) is 7.06. The number of nitrogens with zero attached hydrogens (tertiary/aromatic N) is 1. The minimum Gasteiger partial charge on any atom is -0.316 e. The fourth-order valence-corrected chi connectivity index (χ4v) is 6.51. The van der Waals surface area contributed by atoms with Crippen molar-refractivity contribution in [1.29, 1.82) is 5.41 Å². The molecule has 0 aromatic heterocycles. The topological polar surface area (TPSA) is 61.2 Å². The summed E-state index contributed by atoms with van der Waals surface area (Å²) in [5, 5.41) is 9.06. The molecule has 2 aliphatic heterocycles. The summed E-state index contributed by atoms with van der Waals surface area (Å²) < 4.78 is 23.4. The van der Waals surface area contributed by atoms with Crippen molar-refractivity contribution in [2.75, 3.05) is 16.4 Å². The lowest BCUT2D eigenvalue weighted by molar-refractivity contribution is 0.601. The zero-order valence-corrected chi connectivity index (χ0v) is 12.6. The number of aryl methyl sites for hydroxylation is 1. The van der Waals surface area contributed by atoms with Crippen LogP contribution in [0, 0.1) is 12.3 Å². The summed E-state index contributed by atoms with van der Waals surface area (Å²) in [6, 6.07) is 5.45. The van der Waals surface area contributed by atoms with Crippen molar-refractivity contribution in [3.63, 3.8) is 0 Å². The van der Waals surface area contributed by atoms with Gasteiger partial charge in [-0.25, -0.2) is 8.42 Å². The highest BCUT2D eigenvalue weighted by Crippen LogP contribution is 2.40. The van der Waals surface area contributed by atoms with E-state index in [1.165, 1.54) is 11.8 Å². The van der Waals surface area contributed by atoms with Gasteiger partial charge in [-0.15, -0.1) is 0 Å². The molecule has 0 spiro atoms. The van der Waals surface area contributed by atoms with Gasteiger partial charge in [-0.05, 0) is 24.6 Å². The van der Waals surface area contributed by atoms with Gasteiger partial charge in [0.2, 0.25) is 0 Å². The van der Waals surface area contributed by atoms with Gasteiger partial charge in [-0.2, -0.15) is 0 Å². The number of benzene rings is 1. The summed E-state index contributed by atoms with van der Waals surface area (Å²) in [6.07, 6.45) is 0. The van der Waals surface area contributed by atoms with Crippen molar-refractivity contribution >= 4 is 44.1 Å². The van der Waals surface area contributed by atoms with Crippen LogP contribution in [0.3, 0.4) is 0 Å². The minimum absolute atomic E-state index is 0.0300. The highest BCUT2D eigenvalue weighted by atomic mass is 35.5. The van der Waals surface area contributed by atoms with Gasteiger partial charge in [-0.3, -0.25) is 5.41 Å². The normalized spacial score (nSPS) is 28.7. The standard InChI is InChI=1S/C12H13ClN2O2S2/c1-7-2-3-8(4-9(7)13)15-10-5-19(16,17)6-11(10)18-12(15)14/h2-4,10-11,14H,5-6H2,1H3/t10-,11+/m0/s1. The van der Waals surface area contributed by atoms with Gasteiger partial charge >= 0.3 is 0 Å². The summed E-state index contributed by atoms with van der Waals surface area (Å²) in [5.41, 5.74) is 1.78. The molecule has 1 aromatic rings. The number of nitrogens with one attached hydrogen (secondary N) is 1. The van der Waals surface area contributed by atoms with Crippen LogP contribution in [0.25, 0.3) is 0 Å². The smallest absolute Gasteiger partial charge is 0.161 e. The lowest BCUT2D eigenvalue weighted by Crippen LogP contribution is -2.37. The van der Waals surface area contributed by atoms with E-state index in [4.69, 9.17) is 17.0 Å². The van der Waals surface area contributed by atoms with Crippen LogP contribution >= 0.6 is 23.4 Å². The Labute approximate surface area is 121 Å². The van der Waals surface area contributed by atoms with Gasteiger partial charge in [0.1, 0.15) is 0 Å². The number of fused-ring (bicyclic) bond motifs is 1. The Hall–Kier alpha value is -0.720. The summed E-state index contributed by atoms with van der Waals surface area (Å²) in [4.78, 5) is 1.80. The van der Waals surface area contributed by atoms with Crippen LogP contribution in [0.1, 0.15) is 5.56 Å². The maximum atomic E-state index is 11.7. The largest absolute Gasteiger partial charge is 0.316 e. The van der Waals surface area contributed by atoms with Gasteiger partial charge in [-0.1, -0.05) is 29.4 Å². The molecule has 0 saturated carbocycles. The fourth-order valence-electron chi connectivity index (χ4n) is 2.54. The zero-order chi connectivity index (χ0) is 13.8. The van der Waals surface area contributed by atoms with Crippen molar-refractivity contribution in [2.24, 2.45) is 0 Å². The van der Waals surface area contributed by atoms with Crippen molar-refractivity contribution < 1.29 is 8.42 Å². The highest BCUT2D eigenvalue weighted by molar-refractivity contribution is 8.15. The molecule has 102 valence electrons. The number of halogens is 1. The van der Waals surface area contributed by atoms with Gasteiger partial charge in [0, 0.05) is 16.0 Å². The lowest BCUT2D eigenvalue weighted by Gasteiger charge is -2.24. The Morgan fingerprint density at radius 3 is 2.84 bits per heavy atom. The highest BCUT2D eigenvalue weighted by Gasteiger charge is 2.48. The summed E-state index contributed by atoms with van der Waals surface area (Å²) in [5.74, 6) is 0.291. The first-order valence-corrected chi connectivity index (χ1v) is 8.96. The van der Waals surface area contributed by atoms with Crippen LogP contribution in [0.4, 0.5) is 5.69 Å². The second-order valence-electron chi connectivity index (χ2n) is 4.91. The molecule has 19 heavy (non-hydrogen) atoms. The molecule has 0 radical (unpaired) electrons. The summed E-state index contributed by atoms with van der Waals surface area (Å²) in [6.45, 7) is 1.92. The van der Waals surface area contributed by atoms with E-state index >= 15 is 0 Å². The Bertz CT molecular complexity index is 660. The number of thioether (sulfide) groups is 1. The average molecular weight is 317 g/mol. The van der Waals surface area contributed by atoms with E-state index in [0.717, 1.165) is 11.3 Å². The Kier molecular flexibility index (Phi) is 3.07. The predicted octanol–water partition coefficient (Wildman–Crippen LogP) is 2.30. The molecule has 2 heterocycles. The molecule has 1 aromatic carbocycles. The number of amidine groups is 1. The minimum atomic E-state index is -2.98. The van der Waals surface area contributed by atoms with Crippen LogP contribution in [0.5, 0.6) is 0 Å². The van der Waals surface area contributed by atoms with Crippen LogP contribution in [-0.2, 0) is 9.84 Å². The molecule has 4 nitrogen and oxygen atoms in total. The molecule has 3 rings (SSSR count). The third-order valence-electron chi connectivity index (χ3n) is 3.52. The molecule has 2 aliphatic rings. The first-order valence-electron chi connectivity index (χ1n) is 5.88. The van der Waals surface area contributed by atoms with Crippen LogP contribution in [0.2, 0.25) is 5.02 Å². The number of rotatable bonds is 1. The number of anilines is 1. The van der Waals surface area contributed by atoms with E-state index in [2.05, 4.69) is 0 Å². The Morgan fingerprint density at radius 1 is 1.42 bits per heavy atom. The third kappa shape index (κ3) is 2.26. The maximum absolute atomic E-state index is 11.7. The molecule has 2 fully saturated rings. The Morgan fingerprint density at radius 2 is 2.16 bits per heavy atom. The second-order valence-corrected chi connectivity index (χ2v) is 8.70. The number of sulfone groups is 1.